The molecule has 2 aromatic rings. The lowest BCUT2D eigenvalue weighted by atomic mass is 10.0. The van der Waals surface area contributed by atoms with E-state index in [1.165, 1.54) is 12.1 Å². The highest BCUT2D eigenvalue weighted by Crippen LogP contribution is 2.26. The smallest absolute Gasteiger partial charge is 0.197 e. The van der Waals surface area contributed by atoms with E-state index in [4.69, 9.17) is 0 Å². The maximum Gasteiger partial charge on any atom is 0.197 e. The molecule has 0 aliphatic heterocycles. The van der Waals surface area contributed by atoms with E-state index in [0.717, 1.165) is 4.47 Å². The molecule has 0 aliphatic rings. The van der Waals surface area contributed by atoms with Crippen LogP contribution in [0.3, 0.4) is 0 Å². The SMILES string of the molecule is O=C(c1cc(Br)ccc1F)c1ccc(Br)cc1Br. The Morgan fingerprint density at radius 1 is 0.889 bits per heavy atom. The Labute approximate surface area is 129 Å². The van der Waals surface area contributed by atoms with Crippen LogP contribution in [0.2, 0.25) is 0 Å². The van der Waals surface area contributed by atoms with Gasteiger partial charge in [-0.25, -0.2) is 4.39 Å². The first-order valence-electron chi connectivity index (χ1n) is 4.94. The van der Waals surface area contributed by atoms with Crippen LogP contribution in [0.15, 0.2) is 49.8 Å². The average Bonchev–Trinajstić information content (AvgIpc) is 2.31. The van der Waals surface area contributed by atoms with Crippen LogP contribution in [-0.4, -0.2) is 5.78 Å². The van der Waals surface area contributed by atoms with Gasteiger partial charge in [-0.3, -0.25) is 4.79 Å². The highest BCUT2D eigenvalue weighted by Gasteiger charge is 2.17. The van der Waals surface area contributed by atoms with Crippen LogP contribution in [0.5, 0.6) is 0 Å². The zero-order chi connectivity index (χ0) is 13.3. The molecule has 2 aromatic carbocycles. The molecule has 0 atom stereocenters. The van der Waals surface area contributed by atoms with Gasteiger partial charge in [0.05, 0.1) is 5.56 Å². The Morgan fingerprint density at radius 2 is 1.50 bits per heavy atom. The van der Waals surface area contributed by atoms with Crippen LogP contribution in [0.4, 0.5) is 4.39 Å². The quantitative estimate of drug-likeness (QED) is 0.580. The van der Waals surface area contributed by atoms with Crippen molar-refractivity contribution < 1.29 is 9.18 Å². The van der Waals surface area contributed by atoms with Gasteiger partial charge in [0, 0.05) is 19.0 Å². The van der Waals surface area contributed by atoms with Crippen LogP contribution in [0.1, 0.15) is 15.9 Å². The second-order valence-corrected chi connectivity index (χ2v) is 6.26. The summed E-state index contributed by atoms with van der Waals surface area (Å²) in [6, 6.07) is 9.45. The summed E-state index contributed by atoms with van der Waals surface area (Å²) in [6.07, 6.45) is 0. The summed E-state index contributed by atoms with van der Waals surface area (Å²) in [5, 5.41) is 0. The third-order valence-electron chi connectivity index (χ3n) is 2.35. The zero-order valence-electron chi connectivity index (χ0n) is 8.88. The summed E-state index contributed by atoms with van der Waals surface area (Å²) in [5.41, 5.74) is 0.475. The van der Waals surface area contributed by atoms with Crippen molar-refractivity contribution in [2.75, 3.05) is 0 Å². The molecule has 0 fully saturated rings. The fourth-order valence-corrected chi connectivity index (χ4v) is 3.08. The van der Waals surface area contributed by atoms with Gasteiger partial charge in [-0.2, -0.15) is 0 Å². The standard InChI is InChI=1S/C13H6Br3FO/c14-7-2-4-12(17)10(5-7)13(18)9-3-1-8(15)6-11(9)16/h1-6H. The molecule has 0 aliphatic carbocycles. The summed E-state index contributed by atoms with van der Waals surface area (Å²) < 4.78 is 15.8. The lowest BCUT2D eigenvalue weighted by Gasteiger charge is -2.06. The lowest BCUT2D eigenvalue weighted by molar-refractivity contribution is 0.103. The number of carbonyl (C=O) groups is 1. The minimum atomic E-state index is -0.530. The Bertz CT molecular complexity index is 626. The van der Waals surface area contributed by atoms with Gasteiger partial charge in [-0.15, -0.1) is 0 Å². The summed E-state index contributed by atoms with van der Waals surface area (Å²) >= 11 is 9.84. The van der Waals surface area contributed by atoms with Crippen LogP contribution in [-0.2, 0) is 0 Å². The van der Waals surface area contributed by atoms with E-state index in [1.54, 1.807) is 24.3 Å². The normalized spacial score (nSPS) is 10.4. The molecule has 0 unspecified atom stereocenters. The van der Waals surface area contributed by atoms with Gasteiger partial charge in [0.2, 0.25) is 0 Å². The first-order chi connectivity index (χ1) is 8.49. The monoisotopic (exact) mass is 434 g/mol. The van der Waals surface area contributed by atoms with E-state index in [0.29, 0.717) is 14.5 Å². The fraction of sp³-hybridized carbons (Fsp3) is 0. The number of benzene rings is 2. The first-order valence-corrected chi connectivity index (χ1v) is 7.32. The molecule has 1 nitrogen and oxygen atoms in total. The van der Waals surface area contributed by atoms with Crippen molar-refractivity contribution >= 4 is 53.6 Å². The molecule has 0 saturated heterocycles. The van der Waals surface area contributed by atoms with E-state index in [9.17, 15) is 9.18 Å². The number of hydrogen-bond acceptors (Lipinski definition) is 1. The minimum Gasteiger partial charge on any atom is -0.288 e. The predicted octanol–water partition coefficient (Wildman–Crippen LogP) is 5.34. The van der Waals surface area contributed by atoms with Crippen LogP contribution >= 0.6 is 47.8 Å². The second-order valence-electron chi connectivity index (χ2n) is 3.58. The molecule has 0 heterocycles. The molecular weight excluding hydrogens is 431 g/mol. The summed E-state index contributed by atoms with van der Waals surface area (Å²) in [5.74, 6) is -0.883. The molecule has 18 heavy (non-hydrogen) atoms. The van der Waals surface area contributed by atoms with Crippen LogP contribution in [0, 0.1) is 5.82 Å². The predicted molar refractivity (Wildman–Crippen MR) is 79.4 cm³/mol. The Hall–Kier alpha value is -0.520. The van der Waals surface area contributed by atoms with E-state index < -0.39 is 5.82 Å². The molecule has 5 heteroatoms. The largest absolute Gasteiger partial charge is 0.288 e. The summed E-state index contributed by atoms with van der Waals surface area (Å²) in [7, 11) is 0. The number of carbonyl (C=O) groups excluding carboxylic acids is 1. The third-order valence-corrected chi connectivity index (χ3v) is 3.99. The fourth-order valence-electron chi connectivity index (χ4n) is 1.49. The van der Waals surface area contributed by atoms with Crippen molar-refractivity contribution in [3.8, 4) is 0 Å². The minimum absolute atomic E-state index is 0.0485. The van der Waals surface area contributed by atoms with Crippen LogP contribution < -0.4 is 0 Å². The average molecular weight is 437 g/mol. The maximum atomic E-state index is 13.7. The van der Waals surface area contributed by atoms with E-state index >= 15 is 0 Å². The highest BCUT2D eigenvalue weighted by molar-refractivity contribution is 9.11. The van der Waals surface area contributed by atoms with Gasteiger partial charge in [0.25, 0.3) is 0 Å². The third kappa shape index (κ3) is 2.90. The molecule has 92 valence electrons. The van der Waals surface area contributed by atoms with Crippen molar-refractivity contribution in [2.24, 2.45) is 0 Å². The van der Waals surface area contributed by atoms with Crippen molar-refractivity contribution in [1.29, 1.82) is 0 Å². The second kappa shape index (κ2) is 5.63. The Morgan fingerprint density at radius 3 is 2.17 bits per heavy atom. The number of hydrogen-bond donors (Lipinski definition) is 0. The van der Waals surface area contributed by atoms with Gasteiger partial charge in [-0.05, 0) is 52.3 Å². The van der Waals surface area contributed by atoms with Gasteiger partial charge in [-0.1, -0.05) is 31.9 Å². The zero-order valence-corrected chi connectivity index (χ0v) is 13.6. The van der Waals surface area contributed by atoms with Gasteiger partial charge < -0.3 is 0 Å². The van der Waals surface area contributed by atoms with Gasteiger partial charge >= 0.3 is 0 Å². The van der Waals surface area contributed by atoms with E-state index in [2.05, 4.69) is 47.8 Å². The van der Waals surface area contributed by atoms with E-state index in [1.807, 2.05) is 0 Å². The summed E-state index contributed by atoms with van der Waals surface area (Å²) in [6.45, 7) is 0. The van der Waals surface area contributed by atoms with Crippen molar-refractivity contribution in [1.82, 2.24) is 0 Å². The molecule has 2 rings (SSSR count). The molecule has 0 bridgehead atoms. The number of halogens is 4. The van der Waals surface area contributed by atoms with Crippen LogP contribution in [0.25, 0.3) is 0 Å². The van der Waals surface area contributed by atoms with Crippen molar-refractivity contribution in [2.45, 2.75) is 0 Å². The first kappa shape index (κ1) is 13.9. The lowest BCUT2D eigenvalue weighted by Crippen LogP contribution is -2.05. The molecule has 0 N–H and O–H groups in total. The highest BCUT2D eigenvalue weighted by atomic mass is 79.9. The van der Waals surface area contributed by atoms with Crippen molar-refractivity contribution in [3.05, 3.63) is 66.8 Å². The Kier molecular flexibility index (Phi) is 4.35. The molecule has 0 aromatic heterocycles. The van der Waals surface area contributed by atoms with Gasteiger partial charge in [0.1, 0.15) is 5.82 Å². The molecular formula is C13H6Br3FO. The maximum absolute atomic E-state index is 13.7. The number of rotatable bonds is 2. The summed E-state index contributed by atoms with van der Waals surface area (Å²) in [4.78, 5) is 12.2. The molecule has 0 saturated carbocycles. The van der Waals surface area contributed by atoms with Gasteiger partial charge in [0.15, 0.2) is 5.78 Å². The topological polar surface area (TPSA) is 17.1 Å². The molecule has 0 amide bonds. The van der Waals surface area contributed by atoms with Crippen molar-refractivity contribution in [3.63, 3.8) is 0 Å². The molecule has 0 spiro atoms. The molecule has 0 radical (unpaired) electrons. The number of ketones is 1. The van der Waals surface area contributed by atoms with E-state index in [-0.39, 0.29) is 11.3 Å². The Balaban J connectivity index is 2.51.